The standard InChI is InChI=1S/C15H15NO5/c1-9-14(20-2)12(16(18)19)11(13(17)15(9)21-3)10-7-5-4-6-8-10/h4-8,17H,1-3H3. The Morgan fingerprint density at radius 1 is 1.10 bits per heavy atom. The van der Waals surface area contributed by atoms with E-state index < -0.39 is 4.92 Å². The number of nitrogens with zero attached hydrogens (tertiary/aromatic N) is 1. The second-order valence-electron chi connectivity index (χ2n) is 4.39. The Labute approximate surface area is 121 Å². The van der Waals surface area contributed by atoms with Crippen LogP contribution in [0.15, 0.2) is 30.3 Å². The summed E-state index contributed by atoms with van der Waals surface area (Å²) < 4.78 is 10.3. The minimum absolute atomic E-state index is 0.0773. The molecule has 0 fully saturated rings. The van der Waals surface area contributed by atoms with Crippen LogP contribution in [0.4, 0.5) is 5.69 Å². The van der Waals surface area contributed by atoms with Crippen molar-refractivity contribution in [1.82, 2.24) is 0 Å². The lowest BCUT2D eigenvalue weighted by Crippen LogP contribution is -2.02. The molecule has 0 aliphatic rings. The smallest absolute Gasteiger partial charge is 0.322 e. The van der Waals surface area contributed by atoms with Gasteiger partial charge in [0.15, 0.2) is 11.5 Å². The number of aromatic hydroxyl groups is 1. The van der Waals surface area contributed by atoms with Gasteiger partial charge in [0, 0.05) is 5.56 Å². The first-order chi connectivity index (χ1) is 10.0. The molecule has 0 saturated carbocycles. The van der Waals surface area contributed by atoms with E-state index in [-0.39, 0.29) is 28.5 Å². The quantitative estimate of drug-likeness (QED) is 0.690. The van der Waals surface area contributed by atoms with Crippen LogP contribution in [-0.2, 0) is 0 Å². The minimum atomic E-state index is -0.562. The van der Waals surface area contributed by atoms with E-state index in [9.17, 15) is 15.2 Å². The van der Waals surface area contributed by atoms with Crippen molar-refractivity contribution in [3.63, 3.8) is 0 Å². The van der Waals surface area contributed by atoms with Crippen molar-refractivity contribution < 1.29 is 19.5 Å². The molecule has 0 aliphatic heterocycles. The lowest BCUT2D eigenvalue weighted by Gasteiger charge is -2.16. The Morgan fingerprint density at radius 3 is 2.14 bits per heavy atom. The predicted octanol–water partition coefficient (Wildman–Crippen LogP) is 3.29. The number of nitro groups is 1. The molecule has 2 aromatic carbocycles. The number of hydrogen-bond acceptors (Lipinski definition) is 5. The van der Waals surface area contributed by atoms with E-state index in [1.54, 1.807) is 37.3 Å². The van der Waals surface area contributed by atoms with Gasteiger partial charge in [0.25, 0.3) is 0 Å². The average molecular weight is 289 g/mol. The zero-order valence-electron chi connectivity index (χ0n) is 11.9. The van der Waals surface area contributed by atoms with Crippen LogP contribution in [-0.4, -0.2) is 24.2 Å². The van der Waals surface area contributed by atoms with E-state index in [1.165, 1.54) is 14.2 Å². The molecule has 6 nitrogen and oxygen atoms in total. The Hall–Kier alpha value is -2.76. The Morgan fingerprint density at radius 2 is 1.67 bits per heavy atom. The van der Waals surface area contributed by atoms with Crippen molar-refractivity contribution >= 4 is 5.69 Å². The van der Waals surface area contributed by atoms with Gasteiger partial charge >= 0.3 is 5.69 Å². The number of nitro benzene ring substituents is 1. The van der Waals surface area contributed by atoms with E-state index >= 15 is 0 Å². The molecule has 2 aromatic rings. The van der Waals surface area contributed by atoms with Crippen LogP contribution in [0.25, 0.3) is 11.1 Å². The molecular weight excluding hydrogens is 274 g/mol. The SMILES string of the molecule is COc1c(C)c(OC)c([N+](=O)[O-])c(-c2ccccc2)c1O. The molecule has 6 heteroatoms. The number of rotatable bonds is 4. The zero-order chi connectivity index (χ0) is 15.6. The summed E-state index contributed by atoms with van der Waals surface area (Å²) in [5, 5.41) is 21.8. The number of benzene rings is 2. The van der Waals surface area contributed by atoms with Crippen LogP contribution < -0.4 is 9.47 Å². The molecule has 0 saturated heterocycles. The summed E-state index contributed by atoms with van der Waals surface area (Å²) in [6.07, 6.45) is 0. The normalized spacial score (nSPS) is 10.2. The van der Waals surface area contributed by atoms with Crippen molar-refractivity contribution in [2.24, 2.45) is 0 Å². The molecule has 0 aromatic heterocycles. The van der Waals surface area contributed by atoms with Crippen molar-refractivity contribution in [3.8, 4) is 28.4 Å². The van der Waals surface area contributed by atoms with Gasteiger partial charge in [-0.25, -0.2) is 0 Å². The monoisotopic (exact) mass is 289 g/mol. The topological polar surface area (TPSA) is 81.8 Å². The highest BCUT2D eigenvalue weighted by molar-refractivity contribution is 5.87. The summed E-state index contributed by atoms with van der Waals surface area (Å²) in [5.41, 5.74) is 0.696. The third-order valence-corrected chi connectivity index (χ3v) is 3.24. The molecule has 0 atom stereocenters. The lowest BCUT2D eigenvalue weighted by molar-refractivity contribution is -0.385. The third-order valence-electron chi connectivity index (χ3n) is 3.24. The fraction of sp³-hybridized carbons (Fsp3) is 0.200. The fourth-order valence-electron chi connectivity index (χ4n) is 2.35. The maximum Gasteiger partial charge on any atom is 0.322 e. The molecule has 21 heavy (non-hydrogen) atoms. The molecule has 0 amide bonds. The first kappa shape index (κ1) is 14.6. The van der Waals surface area contributed by atoms with Gasteiger partial charge in [0.05, 0.1) is 19.1 Å². The molecule has 2 rings (SSSR count). The first-order valence-electron chi connectivity index (χ1n) is 6.20. The van der Waals surface area contributed by atoms with Gasteiger partial charge in [0.2, 0.25) is 5.75 Å². The van der Waals surface area contributed by atoms with Gasteiger partial charge in [-0.05, 0) is 12.5 Å². The van der Waals surface area contributed by atoms with Crippen molar-refractivity contribution in [2.75, 3.05) is 14.2 Å². The summed E-state index contributed by atoms with van der Waals surface area (Å²) in [7, 11) is 2.74. The van der Waals surface area contributed by atoms with E-state index in [0.29, 0.717) is 11.1 Å². The fourth-order valence-corrected chi connectivity index (χ4v) is 2.35. The minimum Gasteiger partial charge on any atom is -0.504 e. The van der Waals surface area contributed by atoms with Crippen LogP contribution in [0.3, 0.4) is 0 Å². The van der Waals surface area contributed by atoms with Gasteiger partial charge in [-0.15, -0.1) is 0 Å². The number of ether oxygens (including phenoxy) is 2. The van der Waals surface area contributed by atoms with Gasteiger partial charge in [0.1, 0.15) is 5.56 Å². The molecule has 0 radical (unpaired) electrons. The summed E-state index contributed by atoms with van der Waals surface area (Å²) in [5.74, 6) is -0.0292. The molecule has 1 N–H and O–H groups in total. The Kier molecular flexibility index (Phi) is 3.98. The van der Waals surface area contributed by atoms with E-state index in [0.717, 1.165) is 0 Å². The first-order valence-corrected chi connectivity index (χ1v) is 6.20. The van der Waals surface area contributed by atoms with Crippen molar-refractivity contribution in [3.05, 3.63) is 46.0 Å². The van der Waals surface area contributed by atoms with E-state index in [2.05, 4.69) is 0 Å². The molecule has 0 bridgehead atoms. The molecular formula is C15H15NO5. The Balaban J connectivity index is 2.94. The molecule has 0 spiro atoms. The maximum atomic E-state index is 11.5. The predicted molar refractivity (Wildman–Crippen MR) is 78.0 cm³/mol. The number of phenolic OH excluding ortho intramolecular Hbond substituents is 1. The highest BCUT2D eigenvalue weighted by Crippen LogP contribution is 2.51. The van der Waals surface area contributed by atoms with Gasteiger partial charge in [-0.3, -0.25) is 10.1 Å². The highest BCUT2D eigenvalue weighted by atomic mass is 16.6. The van der Waals surface area contributed by atoms with Crippen LogP contribution >= 0.6 is 0 Å². The second kappa shape index (κ2) is 5.70. The van der Waals surface area contributed by atoms with Gasteiger partial charge in [-0.1, -0.05) is 30.3 Å². The van der Waals surface area contributed by atoms with Gasteiger partial charge < -0.3 is 14.6 Å². The van der Waals surface area contributed by atoms with Crippen LogP contribution in [0, 0.1) is 17.0 Å². The number of hydrogen-bond donors (Lipinski definition) is 1. The molecule has 0 heterocycles. The zero-order valence-corrected chi connectivity index (χ0v) is 11.9. The third kappa shape index (κ3) is 2.35. The lowest BCUT2D eigenvalue weighted by atomic mass is 9.98. The molecule has 0 unspecified atom stereocenters. The molecule has 0 aliphatic carbocycles. The van der Waals surface area contributed by atoms with Crippen molar-refractivity contribution in [1.29, 1.82) is 0 Å². The summed E-state index contributed by atoms with van der Waals surface area (Å²) in [6.45, 7) is 1.60. The maximum absolute atomic E-state index is 11.5. The van der Waals surface area contributed by atoms with Crippen molar-refractivity contribution in [2.45, 2.75) is 6.92 Å². The summed E-state index contributed by atoms with van der Waals surface area (Å²) in [6, 6.07) is 8.61. The van der Waals surface area contributed by atoms with Gasteiger partial charge in [-0.2, -0.15) is 0 Å². The van der Waals surface area contributed by atoms with Crippen LogP contribution in [0.1, 0.15) is 5.56 Å². The number of methoxy groups -OCH3 is 2. The summed E-state index contributed by atoms with van der Waals surface area (Å²) in [4.78, 5) is 10.9. The highest BCUT2D eigenvalue weighted by Gasteiger charge is 2.31. The average Bonchev–Trinajstić information content (AvgIpc) is 2.48. The molecule has 110 valence electrons. The van der Waals surface area contributed by atoms with E-state index in [4.69, 9.17) is 9.47 Å². The van der Waals surface area contributed by atoms with Crippen LogP contribution in [0.2, 0.25) is 0 Å². The largest absolute Gasteiger partial charge is 0.504 e. The Bertz CT molecular complexity index is 682. The van der Waals surface area contributed by atoms with Crippen LogP contribution in [0.5, 0.6) is 17.2 Å². The second-order valence-corrected chi connectivity index (χ2v) is 4.39. The summed E-state index contributed by atoms with van der Waals surface area (Å²) >= 11 is 0. The van der Waals surface area contributed by atoms with E-state index in [1.807, 2.05) is 0 Å². The number of phenols is 1.